The fourth-order valence-electron chi connectivity index (χ4n) is 1.53. The highest BCUT2D eigenvalue weighted by Crippen LogP contribution is 2.08. The number of aromatic nitrogens is 1. The summed E-state index contributed by atoms with van der Waals surface area (Å²) in [5.41, 5.74) is 1.06. The first kappa shape index (κ1) is 15.1. The molecular weight excluding hydrogens is 258 g/mol. The standard InChI is InChI=1S/C9H7N.C6H9N2.ClH/c1-2-6-9-8(4-1)5-3-7-10-9;1-3-8(2)5-4-7-6-8;/h1-7H;3-6H,1H2,2H3;1H/q;+1;/p-1. The second kappa shape index (κ2) is 6.83. The Balaban J connectivity index is 0.000000185. The molecule has 0 N–H and O–H groups in total. The van der Waals surface area contributed by atoms with Gasteiger partial charge in [-0.3, -0.25) is 4.98 Å². The number of hydrogen-bond acceptors (Lipinski definition) is 2. The van der Waals surface area contributed by atoms with Crippen molar-refractivity contribution in [3.8, 4) is 0 Å². The van der Waals surface area contributed by atoms with Gasteiger partial charge >= 0.3 is 0 Å². The monoisotopic (exact) mass is 273 g/mol. The third kappa shape index (κ3) is 4.02. The third-order valence-corrected chi connectivity index (χ3v) is 2.70. The van der Waals surface area contributed by atoms with Crippen molar-refractivity contribution in [1.82, 2.24) is 4.98 Å². The van der Waals surface area contributed by atoms with E-state index in [0.717, 1.165) is 5.52 Å². The minimum absolute atomic E-state index is 0. The van der Waals surface area contributed by atoms with E-state index < -0.39 is 0 Å². The van der Waals surface area contributed by atoms with E-state index in [4.69, 9.17) is 0 Å². The van der Waals surface area contributed by atoms with Crippen LogP contribution in [0.5, 0.6) is 0 Å². The highest BCUT2D eigenvalue weighted by atomic mass is 35.5. The van der Waals surface area contributed by atoms with Crippen LogP contribution in [0, 0.1) is 0 Å². The number of nitrogens with zero attached hydrogens (tertiary/aromatic N) is 3. The summed E-state index contributed by atoms with van der Waals surface area (Å²) in [5, 5.41) is 1.20. The van der Waals surface area contributed by atoms with Crippen molar-refractivity contribution >= 4 is 17.2 Å². The second-order valence-electron chi connectivity index (χ2n) is 4.16. The predicted octanol–water partition coefficient (Wildman–Crippen LogP) is 0.328. The van der Waals surface area contributed by atoms with Crippen molar-refractivity contribution in [3.63, 3.8) is 0 Å². The number of para-hydroxylation sites is 1. The van der Waals surface area contributed by atoms with Gasteiger partial charge in [0.2, 0.25) is 0 Å². The Morgan fingerprint density at radius 3 is 2.47 bits per heavy atom. The highest BCUT2D eigenvalue weighted by molar-refractivity contribution is 5.77. The Hall–Kier alpha value is -1.97. The Bertz CT molecular complexity index is 528. The summed E-state index contributed by atoms with van der Waals surface area (Å²) in [6, 6.07) is 12.1. The van der Waals surface area contributed by atoms with Crippen LogP contribution in [0.4, 0.5) is 0 Å². The first-order valence-electron chi connectivity index (χ1n) is 5.74. The van der Waals surface area contributed by atoms with Crippen molar-refractivity contribution in [1.29, 1.82) is 0 Å². The maximum Gasteiger partial charge on any atom is 0.199 e. The zero-order valence-electron chi connectivity index (χ0n) is 10.8. The summed E-state index contributed by atoms with van der Waals surface area (Å²) in [6.07, 6.45) is 9.15. The lowest BCUT2D eigenvalue weighted by Gasteiger charge is -2.13. The van der Waals surface area contributed by atoms with Crippen molar-refractivity contribution in [2.45, 2.75) is 0 Å². The van der Waals surface area contributed by atoms with E-state index in [1.54, 1.807) is 6.20 Å². The number of pyridine rings is 1. The van der Waals surface area contributed by atoms with Crippen LogP contribution < -0.4 is 12.4 Å². The van der Waals surface area contributed by atoms with Crippen LogP contribution in [0.2, 0.25) is 0 Å². The van der Waals surface area contributed by atoms with E-state index in [1.807, 2.05) is 56.2 Å². The SMILES string of the molecule is C=C[N+]1(C)C=CN=C1.[Cl-].c1ccc2ncccc2c1. The van der Waals surface area contributed by atoms with Gasteiger partial charge in [-0.2, -0.15) is 0 Å². The van der Waals surface area contributed by atoms with Gasteiger partial charge in [0, 0.05) is 11.6 Å². The number of quaternary nitrogens is 1. The van der Waals surface area contributed by atoms with Crippen molar-refractivity contribution in [2.24, 2.45) is 4.99 Å². The first-order chi connectivity index (χ1) is 8.73. The van der Waals surface area contributed by atoms with Crippen molar-refractivity contribution in [2.75, 3.05) is 7.05 Å². The Morgan fingerprint density at radius 2 is 1.89 bits per heavy atom. The minimum Gasteiger partial charge on any atom is -1.00 e. The Kier molecular flexibility index (Phi) is 5.42. The van der Waals surface area contributed by atoms with Crippen LogP contribution in [0.25, 0.3) is 10.9 Å². The van der Waals surface area contributed by atoms with Gasteiger partial charge in [0.15, 0.2) is 6.34 Å². The fourth-order valence-corrected chi connectivity index (χ4v) is 1.53. The molecule has 98 valence electrons. The quantitative estimate of drug-likeness (QED) is 0.688. The molecule has 1 atom stereocenters. The molecule has 0 fully saturated rings. The molecule has 0 bridgehead atoms. The number of aliphatic imine (C=N–C) groups is 1. The van der Waals surface area contributed by atoms with E-state index >= 15 is 0 Å². The van der Waals surface area contributed by atoms with E-state index in [9.17, 15) is 0 Å². The molecule has 0 saturated carbocycles. The largest absolute Gasteiger partial charge is 1.00 e. The molecule has 1 aliphatic heterocycles. The third-order valence-electron chi connectivity index (χ3n) is 2.70. The van der Waals surface area contributed by atoms with Crippen molar-refractivity contribution < 1.29 is 16.9 Å². The van der Waals surface area contributed by atoms with Crippen LogP contribution in [0.3, 0.4) is 0 Å². The molecule has 1 aromatic heterocycles. The zero-order valence-corrected chi connectivity index (χ0v) is 11.5. The zero-order chi connectivity index (χ0) is 12.8. The van der Waals surface area contributed by atoms with Crippen LogP contribution in [-0.2, 0) is 0 Å². The van der Waals surface area contributed by atoms with Gasteiger partial charge in [0.1, 0.15) is 6.20 Å². The van der Waals surface area contributed by atoms with Gasteiger partial charge in [0.25, 0.3) is 0 Å². The predicted molar refractivity (Wildman–Crippen MR) is 75.8 cm³/mol. The van der Waals surface area contributed by atoms with Gasteiger partial charge < -0.3 is 12.4 Å². The maximum absolute atomic E-state index is 4.18. The van der Waals surface area contributed by atoms with E-state index in [0.29, 0.717) is 4.48 Å². The Labute approximate surface area is 119 Å². The maximum atomic E-state index is 4.18. The molecule has 3 rings (SSSR count). The average molecular weight is 274 g/mol. The highest BCUT2D eigenvalue weighted by Gasteiger charge is 2.13. The normalized spacial score (nSPS) is 19.4. The topological polar surface area (TPSA) is 25.2 Å². The summed E-state index contributed by atoms with van der Waals surface area (Å²) in [7, 11) is 2.00. The second-order valence-corrected chi connectivity index (χ2v) is 4.16. The summed E-state index contributed by atoms with van der Waals surface area (Å²) < 4.78 is 0.611. The lowest BCUT2D eigenvalue weighted by molar-refractivity contribution is -0.696. The van der Waals surface area contributed by atoms with E-state index in [-0.39, 0.29) is 12.4 Å². The van der Waals surface area contributed by atoms with E-state index in [1.165, 1.54) is 5.39 Å². The Morgan fingerprint density at radius 1 is 1.16 bits per heavy atom. The van der Waals surface area contributed by atoms with Crippen LogP contribution in [0.1, 0.15) is 0 Å². The van der Waals surface area contributed by atoms with Crippen LogP contribution >= 0.6 is 0 Å². The molecule has 4 heteroatoms. The molecule has 3 nitrogen and oxygen atoms in total. The molecule has 0 radical (unpaired) electrons. The fraction of sp³-hybridized carbons (Fsp3) is 0.0667. The summed E-state index contributed by atoms with van der Waals surface area (Å²) in [5.74, 6) is 0. The average Bonchev–Trinajstić information content (AvgIpc) is 2.87. The van der Waals surface area contributed by atoms with Crippen LogP contribution in [0.15, 0.2) is 72.8 Å². The summed E-state index contributed by atoms with van der Waals surface area (Å²) in [4.78, 5) is 8.08. The molecule has 0 aliphatic carbocycles. The minimum atomic E-state index is 0. The molecule has 0 saturated heterocycles. The van der Waals surface area contributed by atoms with Crippen molar-refractivity contribution in [3.05, 3.63) is 67.8 Å². The lowest BCUT2D eigenvalue weighted by atomic mass is 10.2. The van der Waals surface area contributed by atoms with Gasteiger partial charge in [-0.15, -0.1) is 0 Å². The number of fused-ring (bicyclic) bond motifs is 1. The number of benzene rings is 1. The molecular formula is C15H16ClN3. The number of hydrogen-bond donors (Lipinski definition) is 0. The lowest BCUT2D eigenvalue weighted by Crippen LogP contribution is -3.00. The summed E-state index contributed by atoms with van der Waals surface area (Å²) in [6.45, 7) is 3.64. The first-order valence-corrected chi connectivity index (χ1v) is 5.74. The van der Waals surface area contributed by atoms with E-state index in [2.05, 4.69) is 28.7 Å². The number of rotatable bonds is 1. The van der Waals surface area contributed by atoms with Gasteiger partial charge in [-0.1, -0.05) is 24.3 Å². The van der Waals surface area contributed by atoms with Gasteiger partial charge in [-0.25, -0.2) is 9.48 Å². The molecule has 19 heavy (non-hydrogen) atoms. The number of halogens is 1. The smallest absolute Gasteiger partial charge is 0.199 e. The molecule has 2 aromatic rings. The summed E-state index contributed by atoms with van der Waals surface area (Å²) >= 11 is 0. The molecule has 2 heterocycles. The molecule has 0 spiro atoms. The van der Waals surface area contributed by atoms with Gasteiger partial charge in [0.05, 0.1) is 25.0 Å². The molecule has 0 amide bonds. The van der Waals surface area contributed by atoms with Gasteiger partial charge in [-0.05, 0) is 18.7 Å². The van der Waals surface area contributed by atoms with Crippen LogP contribution in [-0.4, -0.2) is 22.9 Å². The molecule has 1 unspecified atom stereocenters. The molecule has 1 aliphatic rings. The molecule has 1 aromatic carbocycles.